The minimum Gasteiger partial charge on any atom is -0.466 e. The van der Waals surface area contributed by atoms with Crippen LogP contribution in [0.2, 0.25) is 0 Å². The Hall–Kier alpha value is -0.130. The van der Waals surface area contributed by atoms with Crippen LogP contribution in [-0.4, -0.2) is 22.8 Å². The summed E-state index contributed by atoms with van der Waals surface area (Å²) in [6.07, 6.45) is 2.62. The van der Waals surface area contributed by atoms with Crippen molar-refractivity contribution in [2.24, 2.45) is 11.3 Å². The first-order chi connectivity index (χ1) is 7.53. The zero-order valence-electron chi connectivity index (χ0n) is 9.92. The van der Waals surface area contributed by atoms with E-state index >= 15 is 0 Å². The number of alkyl halides is 1. The summed E-state index contributed by atoms with van der Waals surface area (Å²) in [7, 11) is 0. The van der Waals surface area contributed by atoms with Crippen molar-refractivity contribution in [3.63, 3.8) is 0 Å². The highest BCUT2D eigenvalue weighted by Crippen LogP contribution is 2.43. The number of esters is 1. The third-order valence-corrected chi connectivity index (χ3v) is 3.93. The van der Waals surface area contributed by atoms with E-state index in [0.29, 0.717) is 25.9 Å². The van der Waals surface area contributed by atoms with Crippen molar-refractivity contribution in [3.05, 3.63) is 0 Å². The molecule has 4 heteroatoms. The summed E-state index contributed by atoms with van der Waals surface area (Å²) in [6.45, 7) is 4.29. The van der Waals surface area contributed by atoms with Gasteiger partial charge in [-0.1, -0.05) is 29.5 Å². The maximum atomic E-state index is 11.9. The number of carbonyl (C=O) groups is 2. The van der Waals surface area contributed by atoms with Crippen LogP contribution in [0.4, 0.5) is 0 Å². The van der Waals surface area contributed by atoms with Crippen LogP contribution < -0.4 is 0 Å². The topological polar surface area (TPSA) is 43.4 Å². The molecule has 0 aliphatic heterocycles. The normalized spacial score (nSPS) is 30.2. The zero-order chi connectivity index (χ0) is 12.2. The molecule has 0 heterocycles. The molecule has 0 amide bonds. The van der Waals surface area contributed by atoms with E-state index in [0.717, 1.165) is 10.8 Å². The first-order valence-electron chi connectivity index (χ1n) is 5.78. The van der Waals surface area contributed by atoms with Gasteiger partial charge in [-0.15, -0.1) is 0 Å². The lowest BCUT2D eigenvalue weighted by Gasteiger charge is -2.38. The lowest BCUT2D eigenvalue weighted by Crippen LogP contribution is -2.40. The predicted octanol–water partition coefficient (Wildman–Crippen LogP) is 2.75. The maximum absolute atomic E-state index is 11.9. The van der Waals surface area contributed by atoms with Crippen LogP contribution in [0.5, 0.6) is 0 Å². The molecule has 1 fully saturated rings. The Labute approximate surface area is 110 Å². The van der Waals surface area contributed by atoms with Crippen LogP contribution in [0.25, 0.3) is 0 Å². The molecular weight excluding hydrogens is 319 g/mol. The largest absolute Gasteiger partial charge is 0.466 e. The Morgan fingerprint density at radius 3 is 2.88 bits per heavy atom. The number of hydrogen-bond acceptors (Lipinski definition) is 3. The minimum atomic E-state index is -0.192. The van der Waals surface area contributed by atoms with E-state index in [2.05, 4.69) is 22.6 Å². The molecule has 0 N–H and O–H groups in total. The number of ketones is 1. The monoisotopic (exact) mass is 338 g/mol. The maximum Gasteiger partial charge on any atom is 0.309 e. The Kier molecular flexibility index (Phi) is 5.21. The molecule has 3 nitrogen and oxygen atoms in total. The lowest BCUT2D eigenvalue weighted by molar-refractivity contribution is -0.155. The summed E-state index contributed by atoms with van der Waals surface area (Å²) in [4.78, 5) is 23.4. The molecule has 1 rings (SSSR count). The second-order valence-electron chi connectivity index (χ2n) is 4.65. The summed E-state index contributed by atoms with van der Waals surface area (Å²) in [5, 5.41) is 0. The van der Waals surface area contributed by atoms with E-state index in [1.54, 1.807) is 0 Å². The van der Waals surface area contributed by atoms with Crippen molar-refractivity contribution in [2.75, 3.05) is 11.0 Å². The van der Waals surface area contributed by atoms with Gasteiger partial charge in [-0.25, -0.2) is 0 Å². The standard InChI is InChI=1S/C12H19IO3/c1-3-16-11(15)10-5-4-9(14)8-12(10,2)6-7-13/h10H,3-8H2,1-2H3. The molecule has 1 aliphatic rings. The fourth-order valence-electron chi connectivity index (χ4n) is 2.44. The molecule has 0 aromatic heterocycles. The average Bonchev–Trinajstić information content (AvgIpc) is 2.17. The van der Waals surface area contributed by atoms with Crippen molar-refractivity contribution < 1.29 is 14.3 Å². The number of ether oxygens (including phenoxy) is 1. The minimum absolute atomic E-state index is 0.0973. The van der Waals surface area contributed by atoms with Gasteiger partial charge in [0.05, 0.1) is 12.5 Å². The van der Waals surface area contributed by atoms with E-state index in [-0.39, 0.29) is 23.1 Å². The van der Waals surface area contributed by atoms with Crippen molar-refractivity contribution in [1.29, 1.82) is 0 Å². The van der Waals surface area contributed by atoms with Gasteiger partial charge in [0.15, 0.2) is 0 Å². The fraction of sp³-hybridized carbons (Fsp3) is 0.833. The summed E-state index contributed by atoms with van der Waals surface area (Å²) < 4.78 is 6.08. The molecule has 0 aromatic rings. The predicted molar refractivity (Wildman–Crippen MR) is 70.6 cm³/mol. The van der Waals surface area contributed by atoms with Crippen LogP contribution in [0.15, 0.2) is 0 Å². The van der Waals surface area contributed by atoms with Crippen LogP contribution >= 0.6 is 22.6 Å². The van der Waals surface area contributed by atoms with Gasteiger partial charge in [0, 0.05) is 17.3 Å². The summed E-state index contributed by atoms with van der Waals surface area (Å²) in [6, 6.07) is 0. The summed E-state index contributed by atoms with van der Waals surface area (Å²) >= 11 is 2.30. The summed E-state index contributed by atoms with van der Waals surface area (Å²) in [5.74, 6) is 0.0650. The van der Waals surface area contributed by atoms with E-state index in [1.807, 2.05) is 13.8 Å². The van der Waals surface area contributed by atoms with Gasteiger partial charge < -0.3 is 4.74 Å². The van der Waals surface area contributed by atoms with E-state index < -0.39 is 0 Å². The molecule has 92 valence electrons. The molecule has 2 atom stereocenters. The third-order valence-electron chi connectivity index (χ3n) is 3.39. The molecule has 0 bridgehead atoms. The van der Waals surface area contributed by atoms with Gasteiger partial charge in [0.25, 0.3) is 0 Å². The Morgan fingerprint density at radius 2 is 2.31 bits per heavy atom. The second-order valence-corrected chi connectivity index (χ2v) is 5.73. The number of carbonyl (C=O) groups excluding carboxylic acids is 2. The number of halogens is 1. The fourth-order valence-corrected chi connectivity index (χ4v) is 3.67. The average molecular weight is 338 g/mol. The van der Waals surface area contributed by atoms with Crippen LogP contribution in [0.3, 0.4) is 0 Å². The molecule has 1 aliphatic carbocycles. The van der Waals surface area contributed by atoms with E-state index in [4.69, 9.17) is 4.74 Å². The van der Waals surface area contributed by atoms with Gasteiger partial charge in [0.1, 0.15) is 5.78 Å². The number of hydrogen-bond donors (Lipinski definition) is 0. The van der Waals surface area contributed by atoms with Crippen molar-refractivity contribution in [3.8, 4) is 0 Å². The smallest absolute Gasteiger partial charge is 0.309 e. The number of rotatable bonds is 4. The van der Waals surface area contributed by atoms with Crippen LogP contribution in [0.1, 0.15) is 39.5 Å². The van der Waals surface area contributed by atoms with Gasteiger partial charge in [0.2, 0.25) is 0 Å². The van der Waals surface area contributed by atoms with Crippen LogP contribution in [0, 0.1) is 11.3 Å². The molecule has 0 aromatic carbocycles. The molecule has 0 radical (unpaired) electrons. The summed E-state index contributed by atoms with van der Waals surface area (Å²) in [5.41, 5.74) is -0.192. The van der Waals surface area contributed by atoms with Gasteiger partial charge in [-0.2, -0.15) is 0 Å². The highest BCUT2D eigenvalue weighted by atomic mass is 127. The lowest BCUT2D eigenvalue weighted by atomic mass is 9.65. The van der Waals surface area contributed by atoms with Gasteiger partial charge in [-0.05, 0) is 25.2 Å². The van der Waals surface area contributed by atoms with Gasteiger partial charge >= 0.3 is 5.97 Å². The Bertz CT molecular complexity index is 277. The molecule has 0 spiro atoms. The highest BCUT2D eigenvalue weighted by molar-refractivity contribution is 14.1. The zero-order valence-corrected chi connectivity index (χ0v) is 12.1. The molecular formula is C12H19IO3. The quantitative estimate of drug-likeness (QED) is 0.450. The molecule has 0 saturated heterocycles. The Morgan fingerprint density at radius 1 is 1.62 bits per heavy atom. The van der Waals surface area contributed by atoms with Gasteiger partial charge in [-0.3, -0.25) is 9.59 Å². The molecule has 1 saturated carbocycles. The SMILES string of the molecule is CCOC(=O)C1CCC(=O)CC1(C)CCI. The first kappa shape index (κ1) is 13.9. The highest BCUT2D eigenvalue weighted by Gasteiger charge is 2.43. The van der Waals surface area contributed by atoms with E-state index in [1.165, 1.54) is 0 Å². The van der Waals surface area contributed by atoms with Crippen molar-refractivity contribution in [1.82, 2.24) is 0 Å². The first-order valence-corrected chi connectivity index (χ1v) is 7.30. The second kappa shape index (κ2) is 5.98. The van der Waals surface area contributed by atoms with Crippen LogP contribution in [-0.2, 0) is 14.3 Å². The Balaban J connectivity index is 2.79. The third kappa shape index (κ3) is 3.18. The van der Waals surface area contributed by atoms with Crippen molar-refractivity contribution >= 4 is 34.3 Å². The number of Topliss-reactive ketones (excluding diaryl/α,β-unsaturated/α-hetero) is 1. The molecule has 2 unspecified atom stereocenters. The van der Waals surface area contributed by atoms with Crippen molar-refractivity contribution in [2.45, 2.75) is 39.5 Å². The van der Waals surface area contributed by atoms with E-state index in [9.17, 15) is 9.59 Å². The molecule has 16 heavy (non-hydrogen) atoms.